The standard InChI is InChI=1S/C34H27BrN4O3S2/c1-22-21-43-34(36-22)39-33(42)30(24-11-4-2-5-12-24)44-28-17-9-16-27(20-28)37-32(41)29(19-23-10-8-15-26(35)18-23)38-31(40)25-13-6-3-7-14-25/h2-21,30H,1H3,(H,37,41)(H,38,40)(H,36,39,42)/b29-19+. The minimum atomic E-state index is -0.566. The number of benzene rings is 4. The summed E-state index contributed by atoms with van der Waals surface area (Å²) in [6.07, 6.45) is 1.62. The molecule has 7 nitrogen and oxygen atoms in total. The van der Waals surface area contributed by atoms with E-state index in [1.807, 2.05) is 85.1 Å². The third-order valence-electron chi connectivity index (χ3n) is 6.22. The van der Waals surface area contributed by atoms with Gasteiger partial charge < -0.3 is 16.0 Å². The number of thiazole rings is 1. The molecule has 5 rings (SSSR count). The SMILES string of the molecule is Cc1csc(NC(=O)C(Sc2cccc(NC(=O)/C(=C\c3cccc(Br)c3)NC(=O)c3ccccc3)c2)c2ccccc2)n1. The molecule has 0 aliphatic heterocycles. The molecule has 44 heavy (non-hydrogen) atoms. The van der Waals surface area contributed by atoms with Gasteiger partial charge in [0.2, 0.25) is 5.91 Å². The molecular formula is C34H27BrN4O3S2. The van der Waals surface area contributed by atoms with Gasteiger partial charge in [-0.15, -0.1) is 23.1 Å². The molecule has 220 valence electrons. The summed E-state index contributed by atoms with van der Waals surface area (Å²) in [4.78, 5) is 45.1. The van der Waals surface area contributed by atoms with Crippen molar-refractivity contribution in [1.82, 2.24) is 10.3 Å². The lowest BCUT2D eigenvalue weighted by atomic mass is 10.1. The highest BCUT2D eigenvalue weighted by atomic mass is 79.9. The second-order valence-electron chi connectivity index (χ2n) is 9.61. The number of hydrogen-bond acceptors (Lipinski definition) is 6. The van der Waals surface area contributed by atoms with E-state index in [0.717, 1.165) is 26.2 Å². The highest BCUT2D eigenvalue weighted by Crippen LogP contribution is 2.37. The van der Waals surface area contributed by atoms with Gasteiger partial charge in [-0.3, -0.25) is 14.4 Å². The summed E-state index contributed by atoms with van der Waals surface area (Å²) in [5.74, 6) is -1.10. The molecule has 0 aliphatic rings. The minimum Gasteiger partial charge on any atom is -0.321 e. The van der Waals surface area contributed by atoms with Crippen LogP contribution in [0, 0.1) is 6.92 Å². The predicted molar refractivity (Wildman–Crippen MR) is 182 cm³/mol. The monoisotopic (exact) mass is 682 g/mol. The molecule has 4 aromatic carbocycles. The molecule has 0 bridgehead atoms. The molecule has 1 atom stereocenters. The minimum absolute atomic E-state index is 0.0790. The average Bonchev–Trinajstić information content (AvgIpc) is 3.44. The Bertz CT molecular complexity index is 1810. The zero-order valence-electron chi connectivity index (χ0n) is 23.5. The Labute approximate surface area is 272 Å². The molecule has 3 N–H and O–H groups in total. The highest BCUT2D eigenvalue weighted by molar-refractivity contribution is 9.10. The van der Waals surface area contributed by atoms with E-state index < -0.39 is 17.1 Å². The number of halogens is 1. The van der Waals surface area contributed by atoms with Gasteiger partial charge in [-0.2, -0.15) is 0 Å². The van der Waals surface area contributed by atoms with Crippen LogP contribution in [0.5, 0.6) is 0 Å². The number of anilines is 2. The van der Waals surface area contributed by atoms with Crippen molar-refractivity contribution in [1.29, 1.82) is 0 Å². The van der Waals surface area contributed by atoms with Crippen LogP contribution in [0.4, 0.5) is 10.8 Å². The largest absolute Gasteiger partial charge is 0.321 e. The molecule has 3 amide bonds. The Hall–Kier alpha value is -4.51. The number of amides is 3. The average molecular weight is 684 g/mol. The van der Waals surface area contributed by atoms with Gasteiger partial charge in [0.05, 0.1) is 5.69 Å². The molecule has 1 unspecified atom stereocenters. The summed E-state index contributed by atoms with van der Waals surface area (Å²) in [6, 6.07) is 32.9. The summed E-state index contributed by atoms with van der Waals surface area (Å²) in [7, 11) is 0. The first-order valence-electron chi connectivity index (χ1n) is 13.5. The molecule has 1 heterocycles. The van der Waals surface area contributed by atoms with Crippen LogP contribution >= 0.6 is 39.0 Å². The summed E-state index contributed by atoms with van der Waals surface area (Å²) in [5, 5.41) is 10.4. The number of hydrogen-bond donors (Lipinski definition) is 3. The van der Waals surface area contributed by atoms with Crippen molar-refractivity contribution in [3.05, 3.63) is 147 Å². The van der Waals surface area contributed by atoms with E-state index in [1.165, 1.54) is 23.1 Å². The van der Waals surface area contributed by atoms with E-state index in [1.54, 1.807) is 42.5 Å². The maximum atomic E-state index is 13.6. The first-order valence-corrected chi connectivity index (χ1v) is 16.1. The molecule has 0 saturated heterocycles. The third-order valence-corrected chi connectivity index (χ3v) is 8.84. The first-order chi connectivity index (χ1) is 21.3. The zero-order valence-corrected chi connectivity index (χ0v) is 26.7. The molecule has 0 aliphatic carbocycles. The van der Waals surface area contributed by atoms with Crippen molar-refractivity contribution < 1.29 is 14.4 Å². The van der Waals surface area contributed by atoms with Crippen LogP contribution in [-0.2, 0) is 9.59 Å². The molecule has 0 radical (unpaired) electrons. The Kier molecular flexibility index (Phi) is 10.4. The van der Waals surface area contributed by atoms with Crippen LogP contribution in [0.15, 0.2) is 130 Å². The van der Waals surface area contributed by atoms with Crippen LogP contribution in [0.2, 0.25) is 0 Å². The quantitative estimate of drug-likeness (QED) is 0.102. The number of carbonyl (C=O) groups is 3. The second kappa shape index (κ2) is 14.8. The summed E-state index contributed by atoms with van der Waals surface area (Å²) in [6.45, 7) is 1.88. The number of rotatable bonds is 10. The maximum Gasteiger partial charge on any atom is 0.272 e. The van der Waals surface area contributed by atoms with Crippen LogP contribution in [0.3, 0.4) is 0 Å². The Balaban J connectivity index is 1.37. The third kappa shape index (κ3) is 8.53. The summed E-state index contributed by atoms with van der Waals surface area (Å²) < 4.78 is 0.840. The molecular weight excluding hydrogens is 656 g/mol. The van der Waals surface area contributed by atoms with Gasteiger partial charge in [-0.05, 0) is 66.6 Å². The van der Waals surface area contributed by atoms with Gasteiger partial charge in [0, 0.05) is 26.0 Å². The topological polar surface area (TPSA) is 100 Å². The van der Waals surface area contributed by atoms with Gasteiger partial charge in [0.15, 0.2) is 5.13 Å². The highest BCUT2D eigenvalue weighted by Gasteiger charge is 2.23. The van der Waals surface area contributed by atoms with E-state index in [4.69, 9.17) is 0 Å². The predicted octanol–water partition coefficient (Wildman–Crippen LogP) is 8.10. The zero-order chi connectivity index (χ0) is 30.9. The Morgan fingerprint density at radius 2 is 1.59 bits per heavy atom. The van der Waals surface area contributed by atoms with Crippen molar-refractivity contribution in [2.24, 2.45) is 0 Å². The number of aryl methyl sites for hydroxylation is 1. The second-order valence-corrected chi connectivity index (χ2v) is 12.6. The molecule has 1 aromatic heterocycles. The van der Waals surface area contributed by atoms with E-state index >= 15 is 0 Å². The number of aromatic nitrogens is 1. The lowest BCUT2D eigenvalue weighted by Crippen LogP contribution is -2.30. The first kappa shape index (κ1) is 30.9. The van der Waals surface area contributed by atoms with Gasteiger partial charge in [0.25, 0.3) is 11.8 Å². The number of nitrogens with one attached hydrogen (secondary N) is 3. The molecule has 0 fully saturated rings. The van der Waals surface area contributed by atoms with Gasteiger partial charge in [-0.1, -0.05) is 82.7 Å². The fourth-order valence-corrected chi connectivity index (χ4v) is 6.36. The maximum absolute atomic E-state index is 13.6. The fourth-order valence-electron chi connectivity index (χ4n) is 4.17. The van der Waals surface area contributed by atoms with Crippen molar-refractivity contribution in [2.75, 3.05) is 10.6 Å². The van der Waals surface area contributed by atoms with Crippen LogP contribution in [0.25, 0.3) is 6.08 Å². The number of thioether (sulfide) groups is 1. The lowest BCUT2D eigenvalue weighted by molar-refractivity contribution is -0.116. The van der Waals surface area contributed by atoms with Gasteiger partial charge >= 0.3 is 0 Å². The van der Waals surface area contributed by atoms with Gasteiger partial charge in [-0.25, -0.2) is 4.98 Å². The summed E-state index contributed by atoms with van der Waals surface area (Å²) >= 11 is 6.19. The van der Waals surface area contributed by atoms with Gasteiger partial charge in [0.1, 0.15) is 10.9 Å². The van der Waals surface area contributed by atoms with E-state index in [9.17, 15) is 14.4 Å². The van der Waals surface area contributed by atoms with E-state index in [-0.39, 0.29) is 11.6 Å². The van der Waals surface area contributed by atoms with Crippen LogP contribution < -0.4 is 16.0 Å². The molecule has 10 heteroatoms. The normalized spacial score (nSPS) is 11.8. The van der Waals surface area contributed by atoms with E-state index in [2.05, 4.69) is 36.9 Å². The molecule has 0 saturated carbocycles. The fraction of sp³-hybridized carbons (Fsp3) is 0.0588. The smallest absolute Gasteiger partial charge is 0.272 e. The molecule has 0 spiro atoms. The van der Waals surface area contributed by atoms with E-state index in [0.29, 0.717) is 16.4 Å². The van der Waals surface area contributed by atoms with Crippen molar-refractivity contribution >= 4 is 73.6 Å². The van der Waals surface area contributed by atoms with Crippen molar-refractivity contribution in [3.63, 3.8) is 0 Å². The van der Waals surface area contributed by atoms with Crippen LogP contribution in [-0.4, -0.2) is 22.7 Å². The van der Waals surface area contributed by atoms with Crippen molar-refractivity contribution in [2.45, 2.75) is 17.1 Å². The molecule has 5 aromatic rings. The summed E-state index contributed by atoms with van der Waals surface area (Å²) in [5.41, 5.74) is 3.42. The van der Waals surface area contributed by atoms with Crippen LogP contribution in [0.1, 0.15) is 32.4 Å². The Morgan fingerprint density at radius 3 is 2.30 bits per heavy atom. The lowest BCUT2D eigenvalue weighted by Gasteiger charge is -2.17. The van der Waals surface area contributed by atoms with Crippen molar-refractivity contribution in [3.8, 4) is 0 Å². The number of carbonyl (C=O) groups excluding carboxylic acids is 3. The Morgan fingerprint density at radius 1 is 0.864 bits per heavy atom. The number of nitrogens with zero attached hydrogens (tertiary/aromatic N) is 1.